The van der Waals surface area contributed by atoms with Gasteiger partial charge in [0.15, 0.2) is 0 Å². The summed E-state index contributed by atoms with van der Waals surface area (Å²) in [4.78, 5) is 23.9. The summed E-state index contributed by atoms with van der Waals surface area (Å²) < 4.78 is 0. The molecule has 7 heteroatoms. The molecule has 7 nitrogen and oxygen atoms in total. The number of fused-ring (bicyclic) bond motifs is 1. The van der Waals surface area contributed by atoms with E-state index in [2.05, 4.69) is 15.3 Å². The Labute approximate surface area is 144 Å². The first-order chi connectivity index (χ1) is 12.1. The SMILES string of the molecule is Cc1nc2cccc(-c3cc(C(=O)O)c(CN)[nH]3)c2nc1NC1CC1. The number of nitrogens with zero attached hydrogens (tertiary/aromatic N) is 2. The van der Waals surface area contributed by atoms with Gasteiger partial charge in [-0.25, -0.2) is 14.8 Å². The molecule has 1 saturated carbocycles. The van der Waals surface area contributed by atoms with Crippen LogP contribution in [0.2, 0.25) is 0 Å². The molecular formula is C18H19N5O2. The highest BCUT2D eigenvalue weighted by atomic mass is 16.4. The van der Waals surface area contributed by atoms with Gasteiger partial charge in [-0.15, -0.1) is 0 Å². The first-order valence-electron chi connectivity index (χ1n) is 8.26. The third-order valence-corrected chi connectivity index (χ3v) is 4.41. The van der Waals surface area contributed by atoms with E-state index in [1.807, 2.05) is 25.1 Å². The molecule has 1 aromatic carbocycles. The molecule has 0 amide bonds. The molecule has 2 heterocycles. The molecule has 0 saturated heterocycles. The van der Waals surface area contributed by atoms with Crippen LogP contribution in [-0.4, -0.2) is 32.1 Å². The van der Waals surface area contributed by atoms with Crippen LogP contribution in [-0.2, 0) is 6.54 Å². The Morgan fingerprint density at radius 3 is 2.84 bits per heavy atom. The highest BCUT2D eigenvalue weighted by Gasteiger charge is 2.23. The van der Waals surface area contributed by atoms with Crippen molar-refractivity contribution in [2.24, 2.45) is 5.73 Å². The van der Waals surface area contributed by atoms with Crippen LogP contribution in [0.1, 0.15) is 34.6 Å². The zero-order chi connectivity index (χ0) is 17.6. The summed E-state index contributed by atoms with van der Waals surface area (Å²) in [6.45, 7) is 2.07. The zero-order valence-electron chi connectivity index (χ0n) is 13.8. The minimum absolute atomic E-state index is 0.131. The number of carbonyl (C=O) groups is 1. The highest BCUT2D eigenvalue weighted by Crippen LogP contribution is 2.31. The molecule has 0 radical (unpaired) electrons. The largest absolute Gasteiger partial charge is 0.478 e. The van der Waals surface area contributed by atoms with Gasteiger partial charge in [0.25, 0.3) is 0 Å². The molecule has 0 unspecified atom stereocenters. The summed E-state index contributed by atoms with van der Waals surface area (Å²) in [7, 11) is 0. The second kappa shape index (κ2) is 5.86. The number of hydrogen-bond donors (Lipinski definition) is 4. The van der Waals surface area contributed by atoms with Gasteiger partial charge >= 0.3 is 5.97 Å². The Hall–Kier alpha value is -2.93. The third kappa shape index (κ3) is 2.83. The molecular weight excluding hydrogens is 318 g/mol. The molecule has 128 valence electrons. The molecule has 5 N–H and O–H groups in total. The van der Waals surface area contributed by atoms with Crippen molar-refractivity contribution < 1.29 is 9.90 Å². The molecule has 4 rings (SSSR count). The van der Waals surface area contributed by atoms with E-state index < -0.39 is 5.97 Å². The maximum Gasteiger partial charge on any atom is 0.337 e. The monoisotopic (exact) mass is 337 g/mol. The molecule has 1 fully saturated rings. The van der Waals surface area contributed by atoms with Crippen LogP contribution in [0.15, 0.2) is 24.3 Å². The lowest BCUT2D eigenvalue weighted by Crippen LogP contribution is -2.06. The number of carboxylic acids is 1. The number of rotatable bonds is 5. The summed E-state index contributed by atoms with van der Waals surface area (Å²) >= 11 is 0. The van der Waals surface area contributed by atoms with Gasteiger partial charge in [0.2, 0.25) is 0 Å². The van der Waals surface area contributed by atoms with Crippen LogP contribution in [0.3, 0.4) is 0 Å². The van der Waals surface area contributed by atoms with Crippen molar-refractivity contribution >= 4 is 22.8 Å². The molecule has 1 aliphatic rings. The van der Waals surface area contributed by atoms with Gasteiger partial charge in [0.1, 0.15) is 11.3 Å². The number of nitrogens with two attached hydrogens (primary N) is 1. The van der Waals surface area contributed by atoms with Crippen molar-refractivity contribution in [1.29, 1.82) is 0 Å². The molecule has 3 aromatic rings. The van der Waals surface area contributed by atoms with Crippen molar-refractivity contribution in [3.8, 4) is 11.3 Å². The third-order valence-electron chi connectivity index (χ3n) is 4.41. The van der Waals surface area contributed by atoms with Crippen molar-refractivity contribution in [1.82, 2.24) is 15.0 Å². The van der Waals surface area contributed by atoms with E-state index >= 15 is 0 Å². The molecule has 0 aliphatic heterocycles. The Morgan fingerprint density at radius 2 is 2.20 bits per heavy atom. The number of aromatic amines is 1. The van der Waals surface area contributed by atoms with Crippen molar-refractivity contribution in [2.75, 3.05) is 5.32 Å². The summed E-state index contributed by atoms with van der Waals surface area (Å²) in [6, 6.07) is 7.79. The van der Waals surface area contributed by atoms with Crippen molar-refractivity contribution in [2.45, 2.75) is 32.4 Å². The normalized spacial score (nSPS) is 14.0. The Kier molecular flexibility index (Phi) is 3.65. The lowest BCUT2D eigenvalue weighted by Gasteiger charge is -2.10. The topological polar surface area (TPSA) is 117 Å². The van der Waals surface area contributed by atoms with E-state index in [0.29, 0.717) is 17.4 Å². The summed E-state index contributed by atoms with van der Waals surface area (Å²) in [5, 5.41) is 12.7. The van der Waals surface area contributed by atoms with Crippen LogP contribution < -0.4 is 11.1 Å². The minimum atomic E-state index is -0.999. The van der Waals surface area contributed by atoms with E-state index in [1.54, 1.807) is 6.07 Å². The molecule has 0 spiro atoms. The number of aryl methyl sites for hydroxylation is 1. The number of para-hydroxylation sites is 1. The lowest BCUT2D eigenvalue weighted by molar-refractivity contribution is 0.0696. The maximum atomic E-state index is 11.4. The van der Waals surface area contributed by atoms with Gasteiger partial charge in [0, 0.05) is 29.5 Å². The van der Waals surface area contributed by atoms with Gasteiger partial charge in [-0.05, 0) is 31.9 Å². The van der Waals surface area contributed by atoms with E-state index in [0.717, 1.165) is 41.0 Å². The Morgan fingerprint density at radius 1 is 1.40 bits per heavy atom. The standard InChI is InChI=1S/C18H19N5O2/c1-9-17(21-10-5-6-10)23-16-11(3-2-4-13(16)20-9)14-7-12(18(24)25)15(8-19)22-14/h2-4,7,10,22H,5-6,8,19H2,1H3,(H,21,23)(H,24,25). The Balaban J connectivity index is 1.87. The number of nitrogens with one attached hydrogen (secondary N) is 2. The van der Waals surface area contributed by atoms with E-state index in [9.17, 15) is 9.90 Å². The van der Waals surface area contributed by atoms with Crippen LogP contribution >= 0.6 is 0 Å². The quantitative estimate of drug-likeness (QED) is 0.569. The van der Waals surface area contributed by atoms with Crippen LogP contribution in [0.25, 0.3) is 22.3 Å². The lowest BCUT2D eigenvalue weighted by atomic mass is 10.1. The number of benzene rings is 1. The van der Waals surface area contributed by atoms with Crippen LogP contribution in [0.4, 0.5) is 5.82 Å². The zero-order valence-corrected chi connectivity index (χ0v) is 13.8. The van der Waals surface area contributed by atoms with Crippen LogP contribution in [0, 0.1) is 6.92 Å². The highest BCUT2D eigenvalue weighted by molar-refractivity contribution is 5.95. The smallest absolute Gasteiger partial charge is 0.337 e. The fourth-order valence-corrected chi connectivity index (χ4v) is 2.93. The van der Waals surface area contributed by atoms with Gasteiger partial charge in [-0.2, -0.15) is 0 Å². The number of anilines is 1. The first kappa shape index (κ1) is 15.6. The molecule has 0 atom stereocenters. The number of carboxylic acid groups (broad SMARTS) is 1. The average Bonchev–Trinajstić information content (AvgIpc) is 3.30. The average molecular weight is 337 g/mol. The number of H-pyrrole nitrogens is 1. The number of aromatic nitrogens is 3. The summed E-state index contributed by atoms with van der Waals surface area (Å²) in [6.07, 6.45) is 2.30. The molecule has 25 heavy (non-hydrogen) atoms. The van der Waals surface area contributed by atoms with E-state index in [1.165, 1.54) is 0 Å². The Bertz CT molecular complexity index is 975. The summed E-state index contributed by atoms with van der Waals surface area (Å²) in [5.41, 5.74) is 10.2. The van der Waals surface area contributed by atoms with Crippen LogP contribution in [0.5, 0.6) is 0 Å². The fraction of sp³-hybridized carbons (Fsp3) is 0.278. The maximum absolute atomic E-state index is 11.4. The predicted octanol–water partition coefficient (Wildman–Crippen LogP) is 2.66. The van der Waals surface area contributed by atoms with Gasteiger partial charge in [0.05, 0.1) is 16.8 Å². The van der Waals surface area contributed by atoms with Crippen molar-refractivity contribution in [3.05, 3.63) is 41.2 Å². The van der Waals surface area contributed by atoms with E-state index in [-0.39, 0.29) is 12.1 Å². The second-order valence-corrected chi connectivity index (χ2v) is 6.33. The van der Waals surface area contributed by atoms with Gasteiger partial charge in [-0.1, -0.05) is 12.1 Å². The minimum Gasteiger partial charge on any atom is -0.478 e. The fourth-order valence-electron chi connectivity index (χ4n) is 2.93. The first-order valence-corrected chi connectivity index (χ1v) is 8.26. The molecule has 2 aromatic heterocycles. The van der Waals surface area contributed by atoms with Gasteiger partial charge in [-0.3, -0.25) is 0 Å². The van der Waals surface area contributed by atoms with Gasteiger partial charge < -0.3 is 21.1 Å². The molecule has 0 bridgehead atoms. The van der Waals surface area contributed by atoms with Crippen molar-refractivity contribution in [3.63, 3.8) is 0 Å². The summed E-state index contributed by atoms with van der Waals surface area (Å²) in [5.74, 6) is -0.215. The predicted molar refractivity (Wildman–Crippen MR) is 95.6 cm³/mol. The molecule has 1 aliphatic carbocycles. The van der Waals surface area contributed by atoms with E-state index in [4.69, 9.17) is 10.7 Å². The number of aromatic carboxylic acids is 1. The number of hydrogen-bond acceptors (Lipinski definition) is 5. The second-order valence-electron chi connectivity index (χ2n) is 6.33.